The normalized spacial score (nSPS) is 15.3. The third-order valence-electron chi connectivity index (χ3n) is 8.35. The van der Waals surface area contributed by atoms with E-state index in [2.05, 4.69) is 5.32 Å². The van der Waals surface area contributed by atoms with Crippen molar-refractivity contribution in [2.24, 2.45) is 0 Å². The minimum atomic E-state index is -0.720. The molecule has 3 amide bonds. The Hall–Kier alpha value is -4.45. The number of hydrogen-bond acceptors (Lipinski definition) is 3. The highest BCUT2D eigenvalue weighted by atomic mass is 16.2. The van der Waals surface area contributed by atoms with E-state index in [1.54, 1.807) is 9.80 Å². The Balaban J connectivity index is 1.35. The van der Waals surface area contributed by atoms with Crippen molar-refractivity contribution in [3.63, 3.8) is 0 Å². The molecule has 1 N–H and O–H groups in total. The minimum absolute atomic E-state index is 0.129. The van der Waals surface area contributed by atoms with Crippen LogP contribution in [0.15, 0.2) is 91.0 Å². The second-order valence-electron chi connectivity index (χ2n) is 11.3. The van der Waals surface area contributed by atoms with Crippen LogP contribution in [0.1, 0.15) is 52.7 Å². The van der Waals surface area contributed by atoms with Gasteiger partial charge in [-0.2, -0.15) is 0 Å². The highest BCUT2D eigenvalue weighted by Crippen LogP contribution is 2.37. The first-order chi connectivity index (χ1) is 20.0. The molecule has 4 aromatic rings. The van der Waals surface area contributed by atoms with E-state index in [1.165, 1.54) is 0 Å². The molecular weight excluding hydrogens is 510 g/mol. The number of aryl methyl sites for hydroxylation is 1. The highest BCUT2D eigenvalue weighted by molar-refractivity contribution is 6.26. The molecule has 0 unspecified atom stereocenters. The lowest BCUT2D eigenvalue weighted by molar-refractivity contribution is -0.140. The van der Waals surface area contributed by atoms with Gasteiger partial charge >= 0.3 is 0 Å². The van der Waals surface area contributed by atoms with Gasteiger partial charge in [-0.05, 0) is 48.4 Å². The molecule has 0 radical (unpaired) electrons. The number of hydrogen-bond donors (Lipinski definition) is 1. The summed E-state index contributed by atoms with van der Waals surface area (Å²) in [6, 6.07) is 28.7. The molecule has 1 heterocycles. The van der Waals surface area contributed by atoms with Gasteiger partial charge in [0.25, 0.3) is 5.91 Å². The van der Waals surface area contributed by atoms with Crippen molar-refractivity contribution in [1.29, 1.82) is 0 Å². The zero-order valence-corrected chi connectivity index (χ0v) is 23.4. The molecule has 1 aliphatic heterocycles. The zero-order valence-electron chi connectivity index (χ0n) is 23.4. The van der Waals surface area contributed by atoms with Crippen molar-refractivity contribution in [3.8, 4) is 0 Å². The maximum absolute atomic E-state index is 14.3. The molecule has 6 rings (SSSR count). The fraction of sp³-hybridized carbons (Fsp3) is 0.286. The average Bonchev–Trinajstić information content (AvgIpc) is 3.59. The van der Waals surface area contributed by atoms with Crippen molar-refractivity contribution in [2.45, 2.75) is 57.7 Å². The first-order valence-electron chi connectivity index (χ1n) is 14.5. The van der Waals surface area contributed by atoms with E-state index in [1.807, 2.05) is 97.9 Å². The summed E-state index contributed by atoms with van der Waals surface area (Å²) in [5.74, 6) is -0.581. The van der Waals surface area contributed by atoms with Crippen LogP contribution in [-0.2, 0) is 22.6 Å². The molecular formula is C35H35N3O3. The molecule has 1 aliphatic carbocycles. The van der Waals surface area contributed by atoms with Crippen molar-refractivity contribution in [2.75, 3.05) is 11.4 Å². The topological polar surface area (TPSA) is 69.7 Å². The lowest BCUT2D eigenvalue weighted by Gasteiger charge is -2.33. The van der Waals surface area contributed by atoms with Crippen LogP contribution in [0.5, 0.6) is 0 Å². The number of carbonyl (C=O) groups is 3. The minimum Gasteiger partial charge on any atom is -0.352 e. The van der Waals surface area contributed by atoms with Crippen LogP contribution in [0.2, 0.25) is 0 Å². The Morgan fingerprint density at radius 1 is 0.902 bits per heavy atom. The molecule has 6 heteroatoms. The Morgan fingerprint density at radius 2 is 1.61 bits per heavy atom. The number of amides is 3. The molecule has 0 saturated heterocycles. The number of carbonyl (C=O) groups excluding carboxylic acids is 3. The maximum Gasteiger partial charge on any atom is 0.259 e. The van der Waals surface area contributed by atoms with Crippen LogP contribution in [0.3, 0.4) is 0 Å². The van der Waals surface area contributed by atoms with Gasteiger partial charge in [-0.15, -0.1) is 0 Å². The van der Waals surface area contributed by atoms with Crippen LogP contribution in [0.4, 0.5) is 5.69 Å². The number of nitrogens with zero attached hydrogens (tertiary/aromatic N) is 2. The molecule has 1 fully saturated rings. The molecule has 6 nitrogen and oxygen atoms in total. The smallest absolute Gasteiger partial charge is 0.259 e. The second-order valence-corrected chi connectivity index (χ2v) is 11.3. The first-order valence-corrected chi connectivity index (χ1v) is 14.5. The average molecular weight is 546 g/mol. The van der Waals surface area contributed by atoms with Crippen LogP contribution in [0.25, 0.3) is 10.8 Å². The first kappa shape index (κ1) is 26.8. The summed E-state index contributed by atoms with van der Waals surface area (Å²) in [6.45, 7) is 2.15. The summed E-state index contributed by atoms with van der Waals surface area (Å²) in [7, 11) is 0. The Morgan fingerprint density at radius 3 is 2.37 bits per heavy atom. The van der Waals surface area contributed by atoms with Crippen molar-refractivity contribution >= 4 is 34.2 Å². The van der Waals surface area contributed by atoms with E-state index in [0.29, 0.717) is 12.0 Å². The Bertz CT molecular complexity index is 1590. The quantitative estimate of drug-likeness (QED) is 0.289. The predicted octanol–water partition coefficient (Wildman–Crippen LogP) is 5.81. The number of rotatable bonds is 9. The Kier molecular flexibility index (Phi) is 7.55. The van der Waals surface area contributed by atoms with Crippen molar-refractivity contribution < 1.29 is 14.4 Å². The van der Waals surface area contributed by atoms with E-state index < -0.39 is 6.04 Å². The van der Waals surface area contributed by atoms with Gasteiger partial charge < -0.3 is 10.2 Å². The van der Waals surface area contributed by atoms with Gasteiger partial charge in [0.05, 0.1) is 5.69 Å². The Labute approximate surface area is 241 Å². The van der Waals surface area contributed by atoms with E-state index in [9.17, 15) is 14.4 Å². The van der Waals surface area contributed by atoms with Crippen LogP contribution in [-0.4, -0.2) is 41.2 Å². The number of benzene rings is 4. The molecule has 2 aliphatic rings. The van der Waals surface area contributed by atoms with E-state index >= 15 is 0 Å². The van der Waals surface area contributed by atoms with Crippen LogP contribution < -0.4 is 10.2 Å². The summed E-state index contributed by atoms with van der Waals surface area (Å²) < 4.78 is 0. The monoisotopic (exact) mass is 545 g/mol. The molecule has 4 aromatic carbocycles. The summed E-state index contributed by atoms with van der Waals surface area (Å²) in [4.78, 5) is 45.1. The highest BCUT2D eigenvalue weighted by Gasteiger charge is 2.36. The predicted molar refractivity (Wildman–Crippen MR) is 162 cm³/mol. The lowest BCUT2D eigenvalue weighted by atomic mass is 10.0. The van der Waals surface area contributed by atoms with Crippen molar-refractivity contribution in [1.82, 2.24) is 10.2 Å². The van der Waals surface area contributed by atoms with Crippen LogP contribution in [0, 0.1) is 6.92 Å². The molecule has 208 valence electrons. The van der Waals surface area contributed by atoms with E-state index in [-0.39, 0.29) is 36.9 Å². The molecule has 1 saturated carbocycles. The van der Waals surface area contributed by atoms with Gasteiger partial charge in [-0.25, -0.2) is 0 Å². The van der Waals surface area contributed by atoms with Gasteiger partial charge in [0, 0.05) is 30.0 Å². The third kappa shape index (κ3) is 5.60. The SMILES string of the molecule is Cc1cccc(CN(C(=O)CN2C(=O)c3cccc4cccc2c34)[C@H](Cc2ccccc2)C(=O)NC2CCCC2)c1. The molecule has 0 spiro atoms. The van der Waals surface area contributed by atoms with Gasteiger partial charge in [0.15, 0.2) is 0 Å². The zero-order chi connectivity index (χ0) is 28.3. The third-order valence-corrected chi connectivity index (χ3v) is 8.35. The largest absolute Gasteiger partial charge is 0.352 e. The lowest BCUT2D eigenvalue weighted by Crippen LogP contribution is -2.54. The summed E-state index contributed by atoms with van der Waals surface area (Å²) in [5, 5.41) is 5.09. The summed E-state index contributed by atoms with van der Waals surface area (Å²) in [6.07, 6.45) is 4.51. The fourth-order valence-electron chi connectivity index (χ4n) is 6.29. The molecule has 0 aromatic heterocycles. The number of anilines is 1. The summed E-state index contributed by atoms with van der Waals surface area (Å²) >= 11 is 0. The van der Waals surface area contributed by atoms with Gasteiger partial charge in [0.2, 0.25) is 11.8 Å². The van der Waals surface area contributed by atoms with Crippen molar-refractivity contribution in [3.05, 3.63) is 113 Å². The molecule has 41 heavy (non-hydrogen) atoms. The van der Waals surface area contributed by atoms with E-state index in [0.717, 1.165) is 58.8 Å². The molecule has 0 bridgehead atoms. The molecule has 1 atom stereocenters. The fourth-order valence-corrected chi connectivity index (χ4v) is 6.29. The van der Waals surface area contributed by atoms with Gasteiger partial charge in [-0.1, -0.05) is 97.3 Å². The second kappa shape index (κ2) is 11.6. The number of nitrogens with one attached hydrogen (secondary N) is 1. The maximum atomic E-state index is 14.3. The van der Waals surface area contributed by atoms with Crippen LogP contribution >= 0.6 is 0 Å². The summed E-state index contributed by atoms with van der Waals surface area (Å²) in [5.41, 5.74) is 4.36. The van der Waals surface area contributed by atoms with Gasteiger partial charge in [0.1, 0.15) is 12.6 Å². The van der Waals surface area contributed by atoms with Gasteiger partial charge in [-0.3, -0.25) is 19.3 Å². The standard InChI is InChI=1S/C35H35N3O3/c1-24-10-7-13-26(20-24)22-37(31(21-25-11-3-2-4-12-25)34(40)36-28-16-5-6-17-28)32(39)23-38-30-19-9-15-27-14-8-18-29(33(27)30)35(38)41/h2-4,7-15,18-20,28,31H,5-6,16-17,21-23H2,1H3,(H,36,40)/t31-/m1/s1. The van der Waals surface area contributed by atoms with E-state index in [4.69, 9.17) is 0 Å².